The number of fused-ring (bicyclic) bond motifs is 1. The van der Waals surface area contributed by atoms with Crippen molar-refractivity contribution in [3.8, 4) is 0 Å². The van der Waals surface area contributed by atoms with Crippen LogP contribution in [0.2, 0.25) is 0 Å². The molecule has 2 aliphatic rings. The van der Waals surface area contributed by atoms with Gasteiger partial charge in [-0.05, 0) is 31.0 Å². The van der Waals surface area contributed by atoms with Crippen molar-refractivity contribution in [2.75, 3.05) is 25.1 Å². The van der Waals surface area contributed by atoms with E-state index in [0.717, 1.165) is 17.3 Å². The zero-order chi connectivity index (χ0) is 19.8. The molecular weight excluding hydrogens is 412 g/mol. The van der Waals surface area contributed by atoms with Crippen molar-refractivity contribution in [3.63, 3.8) is 0 Å². The molecule has 7 heteroatoms. The molecule has 2 aliphatic heterocycles. The van der Waals surface area contributed by atoms with E-state index in [4.69, 9.17) is 0 Å². The lowest BCUT2D eigenvalue weighted by Gasteiger charge is -2.27. The fourth-order valence-electron chi connectivity index (χ4n) is 4.01. The highest BCUT2D eigenvalue weighted by Gasteiger charge is 2.51. The monoisotopic (exact) mass is 436 g/mol. The van der Waals surface area contributed by atoms with Crippen LogP contribution >= 0.6 is 15.9 Å². The zero-order valence-electron chi connectivity index (χ0n) is 15.6. The first kappa shape index (κ1) is 20.0. The van der Waals surface area contributed by atoms with Crippen LogP contribution in [-0.2, 0) is 15.2 Å². The molecule has 0 bridgehead atoms. The van der Waals surface area contributed by atoms with E-state index in [1.54, 1.807) is 43.2 Å². The minimum atomic E-state index is -1.66. The number of carbonyl (C=O) groups is 2. The molecule has 0 aliphatic carbocycles. The van der Waals surface area contributed by atoms with E-state index in [9.17, 15) is 19.8 Å². The molecule has 1 aromatic rings. The van der Waals surface area contributed by atoms with Gasteiger partial charge >= 0.3 is 0 Å². The van der Waals surface area contributed by atoms with Crippen LogP contribution in [0.5, 0.6) is 0 Å². The van der Waals surface area contributed by atoms with E-state index in [-0.39, 0.29) is 30.9 Å². The maximum atomic E-state index is 12.7. The minimum Gasteiger partial charge on any atom is -0.394 e. The first-order valence-electron chi connectivity index (χ1n) is 9.18. The quantitative estimate of drug-likeness (QED) is 0.693. The number of rotatable bonds is 5. The van der Waals surface area contributed by atoms with Gasteiger partial charge in [0.2, 0.25) is 5.91 Å². The molecule has 2 amide bonds. The Bertz CT molecular complexity index is 781. The Morgan fingerprint density at radius 3 is 2.93 bits per heavy atom. The highest BCUT2D eigenvalue weighted by atomic mass is 79.9. The zero-order valence-corrected chi connectivity index (χ0v) is 17.1. The molecule has 0 saturated carbocycles. The van der Waals surface area contributed by atoms with Crippen LogP contribution in [0.3, 0.4) is 0 Å². The van der Waals surface area contributed by atoms with Crippen LogP contribution in [0.15, 0.2) is 34.8 Å². The molecule has 1 saturated heterocycles. The van der Waals surface area contributed by atoms with E-state index in [1.807, 2.05) is 6.07 Å². The van der Waals surface area contributed by atoms with Gasteiger partial charge in [0, 0.05) is 36.0 Å². The summed E-state index contributed by atoms with van der Waals surface area (Å²) in [6, 6.07) is 5.31. The third-order valence-electron chi connectivity index (χ3n) is 5.65. The summed E-state index contributed by atoms with van der Waals surface area (Å²) in [5, 5.41) is 20.6. The maximum absolute atomic E-state index is 12.7. The molecule has 0 aromatic heterocycles. The number of carbonyl (C=O) groups excluding carboxylic acids is 2. The highest BCUT2D eigenvalue weighted by Crippen LogP contribution is 2.45. The van der Waals surface area contributed by atoms with Crippen molar-refractivity contribution in [2.24, 2.45) is 5.92 Å². The lowest BCUT2D eigenvalue weighted by Crippen LogP contribution is -2.43. The van der Waals surface area contributed by atoms with Gasteiger partial charge in [-0.3, -0.25) is 9.59 Å². The third kappa shape index (κ3) is 3.44. The standard InChI is InChI=1S/C20H25BrN2O4/c1-13(5-3-7-18(25)23-10-4-6-15(23)12-24)20(27)16-11-14(21)8-9-17(16)22(2)19(20)26/h3,5,8-9,11,13,15,24,27H,4,6-7,10,12H2,1-2H3/b5-3+/t13-,15+,20+/m1/s1. The third-order valence-corrected chi connectivity index (χ3v) is 6.14. The molecule has 2 heterocycles. The Morgan fingerprint density at radius 2 is 2.22 bits per heavy atom. The first-order chi connectivity index (χ1) is 12.8. The molecular formula is C20H25BrN2O4. The summed E-state index contributed by atoms with van der Waals surface area (Å²) in [7, 11) is 1.65. The average molecular weight is 437 g/mol. The number of benzene rings is 1. The van der Waals surface area contributed by atoms with Gasteiger partial charge in [-0.15, -0.1) is 0 Å². The van der Waals surface area contributed by atoms with Crippen LogP contribution in [0.25, 0.3) is 0 Å². The van der Waals surface area contributed by atoms with Gasteiger partial charge in [0.1, 0.15) is 0 Å². The van der Waals surface area contributed by atoms with Crippen LogP contribution in [0, 0.1) is 5.92 Å². The number of aliphatic hydroxyl groups is 2. The highest BCUT2D eigenvalue weighted by molar-refractivity contribution is 9.10. The summed E-state index contributed by atoms with van der Waals surface area (Å²) in [6.07, 6.45) is 5.36. The molecule has 1 aromatic carbocycles. The van der Waals surface area contributed by atoms with Gasteiger partial charge in [-0.25, -0.2) is 0 Å². The number of amides is 2. The van der Waals surface area contributed by atoms with E-state index < -0.39 is 11.5 Å². The smallest absolute Gasteiger partial charge is 0.264 e. The second kappa shape index (κ2) is 7.73. The Kier molecular flexibility index (Phi) is 5.74. The average Bonchev–Trinajstić information content (AvgIpc) is 3.20. The second-order valence-electron chi connectivity index (χ2n) is 7.28. The Hall–Kier alpha value is -1.70. The predicted molar refractivity (Wildman–Crippen MR) is 106 cm³/mol. The van der Waals surface area contributed by atoms with Gasteiger partial charge < -0.3 is 20.0 Å². The number of likely N-dealkylation sites (tertiary alicyclic amines) is 1. The van der Waals surface area contributed by atoms with Crippen LogP contribution in [0.1, 0.15) is 31.7 Å². The van der Waals surface area contributed by atoms with Crippen LogP contribution < -0.4 is 4.90 Å². The van der Waals surface area contributed by atoms with E-state index >= 15 is 0 Å². The molecule has 2 N–H and O–H groups in total. The number of anilines is 1. The molecule has 6 nitrogen and oxygen atoms in total. The van der Waals surface area contributed by atoms with Crippen molar-refractivity contribution in [2.45, 2.75) is 37.8 Å². The summed E-state index contributed by atoms with van der Waals surface area (Å²) >= 11 is 3.40. The number of likely N-dealkylation sites (N-methyl/N-ethyl adjacent to an activating group) is 1. The molecule has 146 valence electrons. The van der Waals surface area contributed by atoms with Gasteiger partial charge in [0.25, 0.3) is 5.91 Å². The number of hydrogen-bond donors (Lipinski definition) is 2. The number of hydrogen-bond acceptors (Lipinski definition) is 4. The van der Waals surface area contributed by atoms with E-state index in [1.165, 1.54) is 4.90 Å². The summed E-state index contributed by atoms with van der Waals surface area (Å²) in [5.74, 6) is -0.915. The Labute approximate surface area is 167 Å². The fourth-order valence-corrected chi connectivity index (χ4v) is 4.37. The topological polar surface area (TPSA) is 81.1 Å². The first-order valence-corrected chi connectivity index (χ1v) is 9.97. The van der Waals surface area contributed by atoms with Crippen molar-refractivity contribution >= 4 is 33.4 Å². The summed E-state index contributed by atoms with van der Waals surface area (Å²) < 4.78 is 0.790. The van der Waals surface area contributed by atoms with Gasteiger partial charge in [0.05, 0.1) is 18.3 Å². The number of aliphatic hydroxyl groups excluding tert-OH is 1. The van der Waals surface area contributed by atoms with Crippen molar-refractivity contribution in [3.05, 3.63) is 40.4 Å². The summed E-state index contributed by atoms with van der Waals surface area (Å²) in [4.78, 5) is 28.3. The summed E-state index contributed by atoms with van der Waals surface area (Å²) in [6.45, 7) is 2.43. The van der Waals surface area contributed by atoms with Crippen molar-refractivity contribution in [1.29, 1.82) is 0 Å². The largest absolute Gasteiger partial charge is 0.394 e. The molecule has 0 spiro atoms. The molecule has 3 rings (SSSR count). The molecule has 27 heavy (non-hydrogen) atoms. The SMILES string of the molecule is C[C@H](/C=C/CC(=O)N1CCC[C@H]1CO)[C@@]1(O)C(=O)N(C)c2ccc(Br)cc21. The van der Waals surface area contributed by atoms with Gasteiger partial charge in [0.15, 0.2) is 5.60 Å². The molecule has 3 atom stereocenters. The molecule has 0 unspecified atom stereocenters. The number of halogens is 1. The lowest BCUT2D eigenvalue weighted by atomic mass is 9.83. The normalized spacial score (nSPS) is 26.1. The summed E-state index contributed by atoms with van der Waals surface area (Å²) in [5.41, 5.74) is -0.410. The van der Waals surface area contributed by atoms with Gasteiger partial charge in [-0.1, -0.05) is 35.0 Å². The van der Waals surface area contributed by atoms with Crippen LogP contribution in [0.4, 0.5) is 5.69 Å². The van der Waals surface area contributed by atoms with E-state index in [2.05, 4.69) is 15.9 Å². The Morgan fingerprint density at radius 1 is 1.48 bits per heavy atom. The maximum Gasteiger partial charge on any atom is 0.264 e. The predicted octanol–water partition coefficient (Wildman–Crippen LogP) is 2.18. The van der Waals surface area contributed by atoms with Crippen molar-refractivity contribution in [1.82, 2.24) is 4.90 Å². The molecule has 1 fully saturated rings. The van der Waals surface area contributed by atoms with Crippen molar-refractivity contribution < 1.29 is 19.8 Å². The number of nitrogens with zero attached hydrogens (tertiary/aromatic N) is 2. The molecule has 0 radical (unpaired) electrons. The lowest BCUT2D eigenvalue weighted by molar-refractivity contribution is -0.139. The van der Waals surface area contributed by atoms with Crippen LogP contribution in [-0.4, -0.2) is 53.2 Å². The second-order valence-corrected chi connectivity index (χ2v) is 8.19. The van der Waals surface area contributed by atoms with Gasteiger partial charge in [-0.2, -0.15) is 0 Å². The fraction of sp³-hybridized carbons (Fsp3) is 0.500. The van der Waals surface area contributed by atoms with E-state index in [0.29, 0.717) is 17.8 Å². The Balaban J connectivity index is 1.75. The minimum absolute atomic E-state index is 0.0158.